The Labute approximate surface area is 52.4 Å². The van der Waals surface area contributed by atoms with E-state index in [4.69, 9.17) is 0 Å². The van der Waals surface area contributed by atoms with Gasteiger partial charge >= 0.3 is 21.1 Å². The van der Waals surface area contributed by atoms with Crippen LogP contribution in [0.15, 0.2) is 0 Å². The normalized spacial score (nSPS) is 6.17. The van der Waals surface area contributed by atoms with E-state index in [-0.39, 0.29) is 26.8 Å². The largest absolute Gasteiger partial charge is 2.00 e. The third-order valence-corrected chi connectivity index (χ3v) is 0.279. The summed E-state index contributed by atoms with van der Waals surface area (Å²) in [5.41, 5.74) is 0. The molecule has 0 aromatic rings. The first-order valence-electron chi connectivity index (χ1n) is 1.41. The van der Waals surface area contributed by atoms with Crippen molar-refractivity contribution in [2.24, 2.45) is 0 Å². The van der Waals surface area contributed by atoms with Crippen LogP contribution in [0.25, 0.3) is 0 Å². The van der Waals surface area contributed by atoms with Gasteiger partial charge in [0.15, 0.2) is 0 Å². The van der Waals surface area contributed by atoms with Crippen LogP contribution in [0.5, 0.6) is 0 Å². The van der Waals surface area contributed by atoms with Crippen molar-refractivity contribution in [1.29, 1.82) is 0 Å². The van der Waals surface area contributed by atoms with Crippen LogP contribution in [0.1, 0.15) is 6.42 Å². The molecule has 1 nitrogen and oxygen atoms in total. The van der Waals surface area contributed by atoms with Gasteiger partial charge in [-0.2, -0.15) is 6.42 Å². The molecule has 0 bridgehead atoms. The summed E-state index contributed by atoms with van der Waals surface area (Å²) in [5.74, 6) is -0.106. The first kappa shape index (κ1) is 9.52. The van der Waals surface area contributed by atoms with Gasteiger partial charge in [0.1, 0.15) is 0 Å². The zero-order valence-electron chi connectivity index (χ0n) is 3.44. The number of ketones is 1. The molecule has 0 saturated heterocycles. The van der Waals surface area contributed by atoms with Crippen LogP contribution in [-0.2, 0) is 25.9 Å². The van der Waals surface area contributed by atoms with Crippen LogP contribution in [-0.4, -0.2) is 5.78 Å². The predicted octanol–water partition coefficient (Wildman–Crippen LogP) is 0.611. The van der Waals surface area contributed by atoms with E-state index in [1.54, 1.807) is 0 Å². The summed E-state index contributed by atoms with van der Waals surface area (Å²) in [6, 6.07) is 0. The summed E-state index contributed by atoms with van der Waals surface area (Å²) in [7, 11) is 0. The molecule has 0 atom stereocenters. The van der Waals surface area contributed by atoms with Gasteiger partial charge in [0.25, 0.3) is 0 Å². The molecule has 0 amide bonds. The Hall–Kier alpha value is 0.228. The molecular weight excluding hydrogens is 248 g/mol. The van der Waals surface area contributed by atoms with Gasteiger partial charge in [-0.1, -0.05) is 0 Å². The third kappa shape index (κ3) is 8.87. The average molecular weight is 254 g/mol. The minimum absolute atomic E-state index is 0. The monoisotopic (exact) mass is 254 g/mol. The van der Waals surface area contributed by atoms with E-state index >= 15 is 0 Å². The van der Waals surface area contributed by atoms with E-state index in [9.17, 15) is 4.79 Å². The standard InChI is InChI=1S/C4H6O.W/c1-3-4(2)5;/h1-3H2;/q-2;+2. The van der Waals surface area contributed by atoms with Crippen LogP contribution >= 0.6 is 0 Å². The maximum absolute atomic E-state index is 9.64. The van der Waals surface area contributed by atoms with Gasteiger partial charge in [-0.05, 0) is 5.78 Å². The van der Waals surface area contributed by atoms with Crippen molar-refractivity contribution in [2.45, 2.75) is 6.42 Å². The molecule has 34 valence electrons. The maximum Gasteiger partial charge on any atom is 2.00 e. The van der Waals surface area contributed by atoms with Gasteiger partial charge in [0.2, 0.25) is 0 Å². The van der Waals surface area contributed by atoms with Gasteiger partial charge in [0.05, 0.1) is 0 Å². The Morgan fingerprint density at radius 1 is 1.67 bits per heavy atom. The summed E-state index contributed by atoms with van der Waals surface area (Å²) in [6.07, 6.45) is 0.306. The van der Waals surface area contributed by atoms with Crippen LogP contribution in [0.2, 0.25) is 0 Å². The number of hydrogen-bond donors (Lipinski definition) is 0. The maximum atomic E-state index is 9.64. The first-order chi connectivity index (χ1) is 2.27. The molecule has 0 radical (unpaired) electrons. The molecule has 2 heteroatoms. The molecule has 0 aromatic carbocycles. The van der Waals surface area contributed by atoms with E-state index in [1.807, 2.05) is 0 Å². The van der Waals surface area contributed by atoms with Crippen molar-refractivity contribution >= 4 is 5.78 Å². The van der Waals surface area contributed by atoms with Gasteiger partial charge in [-0.15, -0.1) is 0 Å². The zero-order valence-corrected chi connectivity index (χ0v) is 6.37. The number of rotatable bonds is 1. The van der Waals surface area contributed by atoms with E-state index in [2.05, 4.69) is 13.8 Å². The molecule has 0 rings (SSSR count). The number of Topliss-reactive ketones (excluding diaryl/α,β-unsaturated/α-hetero) is 1. The van der Waals surface area contributed by atoms with Gasteiger partial charge in [-0.25, -0.2) is 0 Å². The SMILES string of the molecule is [CH2-]CC([CH2-])=O.[W+2]. The Morgan fingerprint density at radius 2 is 1.83 bits per heavy atom. The fourth-order valence-electron chi connectivity index (χ4n) is 0. The Morgan fingerprint density at radius 3 is 1.83 bits per heavy atom. The molecule has 0 aliphatic carbocycles. The molecule has 0 heterocycles. The van der Waals surface area contributed by atoms with Gasteiger partial charge in [-0.3, -0.25) is 0 Å². The molecule has 0 fully saturated rings. The second-order valence-electron chi connectivity index (χ2n) is 0.789. The molecule has 0 aliphatic rings. The van der Waals surface area contributed by atoms with Crippen molar-refractivity contribution in [2.75, 3.05) is 0 Å². The van der Waals surface area contributed by atoms with Crippen molar-refractivity contribution in [1.82, 2.24) is 0 Å². The topological polar surface area (TPSA) is 17.1 Å². The summed E-state index contributed by atoms with van der Waals surface area (Å²) < 4.78 is 0. The number of carbonyl (C=O) groups is 1. The third-order valence-electron chi connectivity index (χ3n) is 0.279. The summed E-state index contributed by atoms with van der Waals surface area (Å²) in [5, 5.41) is 0. The minimum Gasteiger partial charge on any atom is -0.342 e. The quantitative estimate of drug-likeness (QED) is 0.626. The Balaban J connectivity index is 0. The number of carbonyl (C=O) groups excluding carboxylic acids is 1. The average Bonchev–Trinajstić information content (AvgIpc) is 1.38. The van der Waals surface area contributed by atoms with Gasteiger partial charge < -0.3 is 18.6 Å². The molecule has 0 N–H and O–H groups in total. The van der Waals surface area contributed by atoms with E-state index in [1.165, 1.54) is 0 Å². The van der Waals surface area contributed by atoms with Crippen molar-refractivity contribution in [3.63, 3.8) is 0 Å². The molecule has 0 saturated carbocycles. The van der Waals surface area contributed by atoms with E-state index in [0.717, 1.165) is 0 Å². The second kappa shape index (κ2) is 5.23. The molecular formula is C4H6OW. The summed E-state index contributed by atoms with van der Waals surface area (Å²) in [4.78, 5) is 9.64. The fourth-order valence-corrected chi connectivity index (χ4v) is 0. The molecule has 0 unspecified atom stereocenters. The summed E-state index contributed by atoms with van der Waals surface area (Å²) in [6.45, 7) is 6.33. The van der Waals surface area contributed by atoms with Crippen LogP contribution < -0.4 is 0 Å². The van der Waals surface area contributed by atoms with E-state index in [0.29, 0.717) is 6.42 Å². The summed E-state index contributed by atoms with van der Waals surface area (Å²) >= 11 is 0. The van der Waals surface area contributed by atoms with Crippen LogP contribution in [0.3, 0.4) is 0 Å². The second-order valence-corrected chi connectivity index (χ2v) is 0.789. The molecule has 0 aliphatic heterocycles. The van der Waals surface area contributed by atoms with E-state index < -0.39 is 0 Å². The van der Waals surface area contributed by atoms with Crippen molar-refractivity contribution in [3.05, 3.63) is 13.8 Å². The fraction of sp³-hybridized carbons (Fsp3) is 0.250. The van der Waals surface area contributed by atoms with Crippen molar-refractivity contribution < 1.29 is 25.9 Å². The van der Waals surface area contributed by atoms with Gasteiger partial charge in [0, 0.05) is 0 Å². The first-order valence-corrected chi connectivity index (χ1v) is 1.41. The molecule has 0 spiro atoms. The molecule has 6 heavy (non-hydrogen) atoms. The van der Waals surface area contributed by atoms with Crippen LogP contribution in [0.4, 0.5) is 0 Å². The number of hydrogen-bond acceptors (Lipinski definition) is 1. The van der Waals surface area contributed by atoms with Crippen LogP contribution in [0, 0.1) is 13.8 Å². The molecule has 0 aromatic heterocycles. The predicted molar refractivity (Wildman–Crippen MR) is 20.3 cm³/mol. The Kier molecular flexibility index (Phi) is 8.30. The zero-order chi connectivity index (χ0) is 4.28. The minimum atomic E-state index is -0.106. The van der Waals surface area contributed by atoms with Crippen molar-refractivity contribution in [3.8, 4) is 0 Å². The smallest absolute Gasteiger partial charge is 0.342 e. The Bertz CT molecular complexity index is 42.8.